The quantitative estimate of drug-likeness (QED) is 0.141. The molecule has 4 aliphatic heterocycles. The van der Waals surface area contributed by atoms with Crippen LogP contribution in [0.1, 0.15) is 0 Å². The van der Waals surface area contributed by atoms with Crippen molar-refractivity contribution in [1.29, 1.82) is 0 Å². The van der Waals surface area contributed by atoms with E-state index in [2.05, 4.69) is 338 Å². The van der Waals surface area contributed by atoms with Gasteiger partial charge in [0.1, 0.15) is 16.7 Å². The highest BCUT2D eigenvalue weighted by Gasteiger charge is 2.49. The Morgan fingerprint density at radius 3 is 1.21 bits per heavy atom. The highest BCUT2D eigenvalue weighted by Crippen LogP contribution is 2.55. The molecular formula is C86H52B2N6O2. The van der Waals surface area contributed by atoms with Crippen molar-refractivity contribution in [3.05, 3.63) is 316 Å². The second-order valence-corrected chi connectivity index (χ2v) is 25.9. The molecule has 0 saturated carbocycles. The van der Waals surface area contributed by atoms with Gasteiger partial charge in [-0.1, -0.05) is 170 Å². The lowest BCUT2D eigenvalue weighted by Gasteiger charge is -2.45. The van der Waals surface area contributed by atoms with Gasteiger partial charge in [0.25, 0.3) is 0 Å². The van der Waals surface area contributed by atoms with Gasteiger partial charge in [0.15, 0.2) is 0 Å². The lowest BCUT2D eigenvalue weighted by molar-refractivity contribution is 0.619. The smallest absolute Gasteiger partial charge is 0.333 e. The standard InChI is InChI=1S/C86H52B2N6O2/c1-7-25-54(26-8-1)89(55-27-9-2-10-28-55)60-46-65-67-45-53-43-44-95-85(53)79-63-38-19-22-40-72(63)93(83(67)79)87-70-51-71-75(52-74(70)91(76(48-60)81(65)87)58-33-15-5-16-34-58)92(59-35-17-6-18-36-59)77-49-61(90(56-29-11-3-12-30-56)57-31-13-4-14-32-57)47-66-68-50-69-62-37-21-24-42-78(62)96-86(69)80-64-39-20-23-41-73(64)94(84(68)80)88(71)82(66)77/h1-52H. The molecule has 0 aliphatic carbocycles. The van der Waals surface area contributed by atoms with Crippen molar-refractivity contribution in [2.24, 2.45) is 0 Å². The Morgan fingerprint density at radius 2 is 0.719 bits per heavy atom. The summed E-state index contributed by atoms with van der Waals surface area (Å²) in [6.45, 7) is -0.624. The van der Waals surface area contributed by atoms with Gasteiger partial charge in [0.2, 0.25) is 0 Å². The third-order valence-electron chi connectivity index (χ3n) is 21.0. The third-order valence-corrected chi connectivity index (χ3v) is 21.0. The van der Waals surface area contributed by atoms with Crippen molar-refractivity contribution in [2.75, 3.05) is 19.6 Å². The van der Waals surface area contributed by atoms with E-state index in [9.17, 15) is 0 Å². The van der Waals surface area contributed by atoms with Crippen LogP contribution in [-0.2, 0) is 0 Å². The lowest BCUT2D eigenvalue weighted by atomic mass is 9.41. The van der Waals surface area contributed by atoms with E-state index in [-0.39, 0.29) is 13.7 Å². The second-order valence-electron chi connectivity index (χ2n) is 25.9. The van der Waals surface area contributed by atoms with Crippen LogP contribution in [0.3, 0.4) is 0 Å². The molecule has 0 spiro atoms. The first-order valence-corrected chi connectivity index (χ1v) is 33.0. The zero-order valence-electron chi connectivity index (χ0n) is 51.7. The van der Waals surface area contributed by atoms with Crippen molar-refractivity contribution >= 4 is 180 Å². The van der Waals surface area contributed by atoms with E-state index < -0.39 is 0 Å². The summed E-state index contributed by atoms with van der Waals surface area (Å²) < 4.78 is 19.2. The van der Waals surface area contributed by atoms with Crippen LogP contribution in [0.5, 0.6) is 0 Å². The largest absolute Gasteiger partial charge is 0.464 e. The Morgan fingerprint density at radius 1 is 0.302 bits per heavy atom. The van der Waals surface area contributed by atoms with Gasteiger partial charge in [-0.3, -0.25) is 0 Å². The molecule has 0 radical (unpaired) electrons. The molecule has 8 nitrogen and oxygen atoms in total. The maximum Gasteiger partial charge on any atom is 0.333 e. The zero-order valence-corrected chi connectivity index (χ0v) is 51.7. The summed E-state index contributed by atoms with van der Waals surface area (Å²) in [5.41, 5.74) is 29.8. The second kappa shape index (κ2) is 19.5. The van der Waals surface area contributed by atoms with E-state index in [1.807, 2.05) is 6.26 Å². The van der Waals surface area contributed by atoms with Crippen LogP contribution >= 0.6 is 0 Å². The summed E-state index contributed by atoms with van der Waals surface area (Å²) in [4.78, 5) is 10.0. The summed E-state index contributed by atoms with van der Waals surface area (Å²) in [5.74, 6) is 0. The Kier molecular flexibility index (Phi) is 10.5. The van der Waals surface area contributed by atoms with Gasteiger partial charge in [0, 0.05) is 128 Å². The number of hydrogen-bond donors (Lipinski definition) is 0. The van der Waals surface area contributed by atoms with Gasteiger partial charge < -0.3 is 37.4 Å². The molecule has 0 unspecified atom stereocenters. The number of fused-ring (bicyclic) bond motifs is 20. The molecule has 4 aliphatic rings. The van der Waals surface area contributed by atoms with Crippen LogP contribution in [0.2, 0.25) is 0 Å². The Bertz CT molecular complexity index is 6230. The predicted octanol–water partition coefficient (Wildman–Crippen LogP) is 20.3. The van der Waals surface area contributed by atoms with E-state index in [0.29, 0.717) is 0 Å². The Hall–Kier alpha value is -12.7. The molecule has 8 heterocycles. The van der Waals surface area contributed by atoms with E-state index in [1.165, 1.54) is 44.1 Å². The number of para-hydroxylation sites is 9. The molecule has 96 heavy (non-hydrogen) atoms. The Labute approximate surface area is 552 Å². The molecule has 22 rings (SSSR count). The maximum atomic E-state index is 7.17. The molecular weight excluding hydrogens is 1170 g/mol. The van der Waals surface area contributed by atoms with Gasteiger partial charge in [-0.2, -0.15) is 0 Å². The summed E-state index contributed by atoms with van der Waals surface area (Å²) in [6.07, 6.45) is 1.86. The minimum absolute atomic E-state index is 0.306. The SMILES string of the molecule is c1ccc(N(c2ccccc2)c2cc3c4c(c2)N(c2ccccc2)c2cc5c(cc2B4n2c4ccccc4c4c6occc6cc-3c42)B2c3c(cc(N(c4ccccc4)c4ccccc4)cc3N5c3ccccc3)-c3cc4c5ccccc5oc4c4c5ccccc5n2c34)cc1. The summed E-state index contributed by atoms with van der Waals surface area (Å²) in [5, 5.41) is 7.85. The fourth-order valence-corrected chi connectivity index (χ4v) is 17.3. The Balaban J connectivity index is 0.916. The number of rotatable bonds is 8. The highest BCUT2D eigenvalue weighted by molar-refractivity contribution is 6.93. The van der Waals surface area contributed by atoms with Crippen molar-refractivity contribution in [3.8, 4) is 22.3 Å². The van der Waals surface area contributed by atoms with Crippen molar-refractivity contribution in [2.45, 2.75) is 0 Å². The first-order chi connectivity index (χ1) is 47.7. The van der Waals surface area contributed by atoms with Crippen LogP contribution in [0, 0.1) is 0 Å². The first-order valence-electron chi connectivity index (χ1n) is 33.0. The van der Waals surface area contributed by atoms with Crippen LogP contribution in [0.4, 0.5) is 68.2 Å². The highest BCUT2D eigenvalue weighted by atomic mass is 16.3. The van der Waals surface area contributed by atoms with Gasteiger partial charge >= 0.3 is 13.7 Å². The van der Waals surface area contributed by atoms with Gasteiger partial charge in [-0.25, -0.2) is 0 Å². The molecule has 10 heteroatoms. The fraction of sp³-hybridized carbons (Fsp3) is 0. The molecule has 0 amide bonds. The third kappa shape index (κ3) is 6.98. The van der Waals surface area contributed by atoms with Crippen molar-refractivity contribution in [3.63, 3.8) is 0 Å². The van der Waals surface area contributed by atoms with Crippen LogP contribution in [0.15, 0.2) is 324 Å². The number of furan rings is 2. The summed E-state index contributed by atoms with van der Waals surface area (Å²) in [6, 6.07) is 114. The van der Waals surface area contributed by atoms with E-state index in [4.69, 9.17) is 8.83 Å². The normalized spacial score (nSPS) is 13.1. The number of benzene rings is 14. The van der Waals surface area contributed by atoms with Crippen LogP contribution in [0.25, 0.3) is 98.8 Å². The minimum Gasteiger partial charge on any atom is -0.464 e. The molecule has 0 saturated heterocycles. The molecule has 0 fully saturated rings. The summed E-state index contributed by atoms with van der Waals surface area (Å²) in [7, 11) is 0. The predicted molar refractivity (Wildman–Crippen MR) is 400 cm³/mol. The first kappa shape index (κ1) is 51.9. The van der Waals surface area contributed by atoms with Gasteiger partial charge in [-0.05, 0) is 173 Å². The van der Waals surface area contributed by atoms with E-state index >= 15 is 0 Å². The maximum absolute atomic E-state index is 7.17. The molecule has 0 N–H and O–H groups in total. The number of nitrogens with zero attached hydrogens (tertiary/aromatic N) is 6. The van der Waals surface area contributed by atoms with Crippen LogP contribution in [-0.4, -0.2) is 22.7 Å². The number of anilines is 12. The van der Waals surface area contributed by atoms with Crippen LogP contribution < -0.4 is 41.5 Å². The zero-order chi connectivity index (χ0) is 62.4. The lowest BCUT2D eigenvalue weighted by Crippen LogP contribution is -2.61. The number of aromatic nitrogens is 2. The van der Waals surface area contributed by atoms with E-state index in [1.54, 1.807) is 0 Å². The molecule has 444 valence electrons. The molecule has 4 aromatic heterocycles. The number of hydrogen-bond acceptors (Lipinski definition) is 6. The topological polar surface area (TPSA) is 49.1 Å². The monoisotopic (exact) mass is 1220 g/mol. The average molecular weight is 1220 g/mol. The molecule has 18 aromatic rings. The van der Waals surface area contributed by atoms with Gasteiger partial charge in [0.05, 0.1) is 17.0 Å². The summed E-state index contributed by atoms with van der Waals surface area (Å²) >= 11 is 0. The van der Waals surface area contributed by atoms with E-state index in [0.717, 1.165) is 145 Å². The molecule has 14 aromatic carbocycles. The van der Waals surface area contributed by atoms with Crippen molar-refractivity contribution < 1.29 is 8.83 Å². The molecule has 0 atom stereocenters. The van der Waals surface area contributed by atoms with Crippen molar-refractivity contribution in [1.82, 2.24) is 8.96 Å². The fourth-order valence-electron chi connectivity index (χ4n) is 17.3. The average Bonchev–Trinajstić information content (AvgIpc) is 1.60. The van der Waals surface area contributed by atoms with Gasteiger partial charge in [-0.15, -0.1) is 0 Å². The molecule has 0 bridgehead atoms. The minimum atomic E-state index is -0.318.